The van der Waals surface area contributed by atoms with Gasteiger partial charge in [-0.2, -0.15) is 5.10 Å². The zero-order valence-corrected chi connectivity index (χ0v) is 22.0. The summed E-state index contributed by atoms with van der Waals surface area (Å²) in [5.41, 5.74) is 3.13. The lowest BCUT2D eigenvalue weighted by Crippen LogP contribution is -2.70. The van der Waals surface area contributed by atoms with E-state index in [1.807, 2.05) is 4.90 Å². The van der Waals surface area contributed by atoms with Crippen molar-refractivity contribution in [2.24, 2.45) is 0 Å². The van der Waals surface area contributed by atoms with E-state index in [4.69, 9.17) is 5.10 Å². The van der Waals surface area contributed by atoms with Crippen LogP contribution in [-0.2, 0) is 16.1 Å². The Bertz CT molecular complexity index is 814. The number of hydrogen-bond acceptors (Lipinski definition) is 4. The van der Waals surface area contributed by atoms with Crippen LogP contribution < -0.4 is 5.32 Å². The molecule has 2 saturated heterocycles. The number of carbonyl (C=O) groups excluding carboxylic acids is 2. The minimum atomic E-state index is -0.655. The molecule has 1 aliphatic carbocycles. The Hall–Kier alpha value is -1.31. The number of piperazine rings is 1. The Labute approximate surface area is 210 Å². The van der Waals surface area contributed by atoms with Crippen molar-refractivity contribution in [2.45, 2.75) is 96.7 Å². The van der Waals surface area contributed by atoms with Gasteiger partial charge >= 0.3 is 0 Å². The number of halogens is 2. The van der Waals surface area contributed by atoms with E-state index in [1.165, 1.54) is 43.4 Å². The van der Waals surface area contributed by atoms with Gasteiger partial charge in [0.2, 0.25) is 11.8 Å². The molecule has 2 amide bonds. The van der Waals surface area contributed by atoms with E-state index in [0.29, 0.717) is 25.4 Å². The topological polar surface area (TPSA) is 70.5 Å². The van der Waals surface area contributed by atoms with Crippen LogP contribution in [-0.4, -0.2) is 63.1 Å². The van der Waals surface area contributed by atoms with Gasteiger partial charge in [-0.05, 0) is 46.0 Å². The minimum absolute atomic E-state index is 0. The lowest BCUT2D eigenvalue weighted by molar-refractivity contribution is -0.157. The van der Waals surface area contributed by atoms with Crippen molar-refractivity contribution in [2.75, 3.05) is 26.2 Å². The fourth-order valence-corrected chi connectivity index (χ4v) is 5.84. The van der Waals surface area contributed by atoms with Crippen LogP contribution in [0.4, 0.5) is 0 Å². The Morgan fingerprint density at radius 2 is 1.73 bits per heavy atom. The van der Waals surface area contributed by atoms with Gasteiger partial charge in [-0.1, -0.05) is 32.6 Å². The number of hydrogen-bond donors (Lipinski definition) is 1. The first kappa shape index (κ1) is 27.9. The Kier molecular flexibility index (Phi) is 10.1. The van der Waals surface area contributed by atoms with Gasteiger partial charge < -0.3 is 10.2 Å². The highest BCUT2D eigenvalue weighted by Crippen LogP contribution is 2.34. The number of rotatable bonds is 6. The summed E-state index contributed by atoms with van der Waals surface area (Å²) in [5, 5.41) is 7.78. The highest BCUT2D eigenvalue weighted by Gasteiger charge is 2.50. The van der Waals surface area contributed by atoms with Crippen LogP contribution in [0.1, 0.15) is 87.7 Å². The molecular formula is C24H41Cl2N5O2. The van der Waals surface area contributed by atoms with Crippen molar-refractivity contribution in [3.8, 4) is 0 Å². The van der Waals surface area contributed by atoms with Crippen LogP contribution in [0.3, 0.4) is 0 Å². The molecule has 188 valence electrons. The molecule has 0 bridgehead atoms. The Balaban J connectivity index is 0.00000193. The molecule has 0 atom stereocenters. The summed E-state index contributed by atoms with van der Waals surface area (Å²) < 4.78 is 2.29. The van der Waals surface area contributed by atoms with E-state index in [2.05, 4.69) is 35.7 Å². The molecular weight excluding hydrogens is 461 g/mol. The average Bonchev–Trinajstić information content (AvgIpc) is 3.07. The smallest absolute Gasteiger partial charge is 0.246 e. The lowest BCUT2D eigenvalue weighted by Gasteiger charge is -2.50. The van der Waals surface area contributed by atoms with Crippen molar-refractivity contribution in [3.05, 3.63) is 17.0 Å². The van der Waals surface area contributed by atoms with Crippen molar-refractivity contribution >= 4 is 36.6 Å². The van der Waals surface area contributed by atoms with Gasteiger partial charge in [0.1, 0.15) is 5.54 Å². The van der Waals surface area contributed by atoms with Crippen molar-refractivity contribution in [1.82, 2.24) is 24.9 Å². The van der Waals surface area contributed by atoms with Gasteiger partial charge in [0.05, 0.1) is 18.3 Å². The normalized spacial score (nSPS) is 21.5. The van der Waals surface area contributed by atoms with E-state index in [-0.39, 0.29) is 43.2 Å². The molecule has 1 saturated carbocycles. The Morgan fingerprint density at radius 1 is 1.06 bits per heavy atom. The molecule has 0 unspecified atom stereocenters. The standard InChI is InChI=1S/C24H39N5O2.2ClH/c1-4-5-13-28-22(30)16-25-23(31)24(28)11-14-27(15-12-24)17-21-18(2)26-29(19(21)3)20-9-7-6-8-10-20;;/h20H,4-17H2,1-3H3,(H,25,31);2*1H. The third kappa shape index (κ3) is 5.51. The van der Waals surface area contributed by atoms with E-state index in [0.717, 1.165) is 38.2 Å². The molecule has 0 aromatic carbocycles. The van der Waals surface area contributed by atoms with Crippen LogP contribution in [0.5, 0.6) is 0 Å². The number of piperidine rings is 1. The third-order valence-corrected chi connectivity index (χ3v) is 7.84. The molecule has 1 aromatic heterocycles. The van der Waals surface area contributed by atoms with Crippen LogP contribution in [0.2, 0.25) is 0 Å². The number of unbranched alkanes of at least 4 members (excludes halogenated alkanes) is 1. The van der Waals surface area contributed by atoms with E-state index in [1.54, 1.807) is 0 Å². The molecule has 3 heterocycles. The van der Waals surface area contributed by atoms with Crippen LogP contribution in [0, 0.1) is 13.8 Å². The first-order valence-corrected chi connectivity index (χ1v) is 12.3. The molecule has 1 N–H and O–H groups in total. The molecule has 33 heavy (non-hydrogen) atoms. The number of aromatic nitrogens is 2. The summed E-state index contributed by atoms with van der Waals surface area (Å²) in [7, 11) is 0. The SMILES string of the molecule is CCCCN1C(=O)CNC(=O)C12CCN(Cc1c(C)nn(C3CCCCC3)c1C)CC2.Cl.Cl. The lowest BCUT2D eigenvalue weighted by atomic mass is 9.82. The predicted octanol–water partition coefficient (Wildman–Crippen LogP) is 3.94. The number of nitrogens with one attached hydrogen (secondary N) is 1. The summed E-state index contributed by atoms with van der Waals surface area (Å²) >= 11 is 0. The molecule has 3 fully saturated rings. The summed E-state index contributed by atoms with van der Waals surface area (Å²) in [6.45, 7) is 9.85. The quantitative estimate of drug-likeness (QED) is 0.640. The molecule has 0 radical (unpaired) electrons. The maximum Gasteiger partial charge on any atom is 0.246 e. The van der Waals surface area contributed by atoms with Crippen LogP contribution in [0.15, 0.2) is 0 Å². The maximum atomic E-state index is 12.9. The number of nitrogens with zero attached hydrogens (tertiary/aromatic N) is 4. The largest absolute Gasteiger partial charge is 0.345 e. The molecule has 1 spiro atoms. The summed E-state index contributed by atoms with van der Waals surface area (Å²) in [4.78, 5) is 29.9. The van der Waals surface area contributed by atoms with Gasteiger partial charge in [0.25, 0.3) is 0 Å². The van der Waals surface area contributed by atoms with Crippen LogP contribution >= 0.6 is 24.8 Å². The second kappa shape index (κ2) is 11.9. The molecule has 3 aliphatic rings. The van der Waals surface area contributed by atoms with Crippen molar-refractivity contribution in [1.29, 1.82) is 0 Å². The first-order valence-electron chi connectivity index (χ1n) is 12.3. The summed E-state index contributed by atoms with van der Waals surface area (Å²) in [6, 6.07) is 0.551. The number of likely N-dealkylation sites (tertiary alicyclic amines) is 1. The number of carbonyl (C=O) groups is 2. The second-order valence-corrected chi connectivity index (χ2v) is 9.78. The van der Waals surface area contributed by atoms with Crippen molar-refractivity contribution < 1.29 is 9.59 Å². The van der Waals surface area contributed by atoms with E-state index >= 15 is 0 Å². The number of amides is 2. The zero-order chi connectivity index (χ0) is 22.0. The van der Waals surface area contributed by atoms with Crippen molar-refractivity contribution in [3.63, 3.8) is 0 Å². The van der Waals surface area contributed by atoms with Gasteiger partial charge in [-0.25, -0.2) is 0 Å². The zero-order valence-electron chi connectivity index (χ0n) is 20.4. The molecule has 4 rings (SSSR count). The highest BCUT2D eigenvalue weighted by molar-refractivity contribution is 5.98. The monoisotopic (exact) mass is 501 g/mol. The van der Waals surface area contributed by atoms with Crippen LogP contribution in [0.25, 0.3) is 0 Å². The molecule has 1 aromatic rings. The fourth-order valence-electron chi connectivity index (χ4n) is 5.84. The minimum Gasteiger partial charge on any atom is -0.345 e. The summed E-state index contributed by atoms with van der Waals surface area (Å²) in [6.07, 6.45) is 9.84. The average molecular weight is 503 g/mol. The summed E-state index contributed by atoms with van der Waals surface area (Å²) in [5.74, 6) is 0.113. The first-order chi connectivity index (χ1) is 15.0. The fraction of sp³-hybridized carbons (Fsp3) is 0.792. The van der Waals surface area contributed by atoms with Gasteiger partial charge in [0, 0.05) is 37.4 Å². The second-order valence-electron chi connectivity index (χ2n) is 9.78. The highest BCUT2D eigenvalue weighted by atomic mass is 35.5. The third-order valence-electron chi connectivity index (χ3n) is 7.84. The van der Waals surface area contributed by atoms with Gasteiger partial charge in [0.15, 0.2) is 0 Å². The van der Waals surface area contributed by atoms with E-state index in [9.17, 15) is 9.59 Å². The molecule has 9 heteroatoms. The molecule has 2 aliphatic heterocycles. The maximum absolute atomic E-state index is 12.9. The molecule has 7 nitrogen and oxygen atoms in total. The number of aryl methyl sites for hydroxylation is 1. The van der Waals surface area contributed by atoms with Gasteiger partial charge in [-0.3, -0.25) is 19.2 Å². The van der Waals surface area contributed by atoms with Gasteiger partial charge in [-0.15, -0.1) is 24.8 Å². The predicted molar refractivity (Wildman–Crippen MR) is 135 cm³/mol. The van der Waals surface area contributed by atoms with E-state index < -0.39 is 5.54 Å². The Morgan fingerprint density at radius 3 is 2.36 bits per heavy atom.